The molecule has 2 heterocycles. The second-order valence-corrected chi connectivity index (χ2v) is 6.92. The van der Waals surface area contributed by atoms with Crippen molar-refractivity contribution in [1.29, 1.82) is 0 Å². The molecule has 1 aliphatic heterocycles. The highest BCUT2D eigenvalue weighted by Gasteiger charge is 2.37. The predicted molar refractivity (Wildman–Crippen MR) is 91.9 cm³/mol. The Labute approximate surface area is 141 Å². The largest absolute Gasteiger partial charge is 0.369 e. The lowest BCUT2D eigenvalue weighted by Gasteiger charge is -2.32. The number of benzene rings is 1. The van der Waals surface area contributed by atoms with Gasteiger partial charge in [-0.05, 0) is 43.4 Å². The van der Waals surface area contributed by atoms with Crippen LogP contribution in [0.15, 0.2) is 41.7 Å². The molecule has 0 bridgehead atoms. The van der Waals surface area contributed by atoms with Crippen molar-refractivity contribution >= 4 is 11.9 Å². The Hall–Kier alpha value is -2.63. The van der Waals surface area contributed by atoms with Crippen molar-refractivity contribution in [2.45, 2.75) is 37.6 Å². The summed E-state index contributed by atoms with van der Waals surface area (Å²) in [4.78, 5) is 18.1. The summed E-state index contributed by atoms with van der Waals surface area (Å²) in [5, 5.41) is 4.48. The molecule has 0 spiro atoms. The molecule has 1 aliphatic carbocycles. The maximum absolute atomic E-state index is 12.1. The molecule has 0 radical (unpaired) electrons. The van der Waals surface area contributed by atoms with E-state index in [1.165, 1.54) is 23.3 Å². The van der Waals surface area contributed by atoms with E-state index in [1.807, 2.05) is 23.9 Å². The second kappa shape index (κ2) is 5.19. The van der Waals surface area contributed by atoms with Crippen molar-refractivity contribution in [2.75, 3.05) is 7.05 Å². The van der Waals surface area contributed by atoms with Crippen LogP contribution in [0.1, 0.15) is 43.2 Å². The number of hydrogen-bond acceptors (Lipinski definition) is 4. The van der Waals surface area contributed by atoms with Crippen molar-refractivity contribution in [3.05, 3.63) is 47.8 Å². The van der Waals surface area contributed by atoms with Crippen LogP contribution in [0.25, 0.3) is 5.69 Å². The average molecular weight is 323 g/mol. The van der Waals surface area contributed by atoms with Crippen molar-refractivity contribution in [3.8, 4) is 5.69 Å². The molecule has 2 N–H and O–H groups in total. The van der Waals surface area contributed by atoms with Crippen LogP contribution in [0.5, 0.6) is 0 Å². The predicted octanol–water partition coefficient (Wildman–Crippen LogP) is 2.14. The van der Waals surface area contributed by atoms with E-state index >= 15 is 0 Å². The van der Waals surface area contributed by atoms with E-state index in [2.05, 4.69) is 28.3 Å². The third-order valence-electron chi connectivity index (χ3n) is 4.96. The van der Waals surface area contributed by atoms with E-state index in [0.29, 0.717) is 5.92 Å². The van der Waals surface area contributed by atoms with Crippen LogP contribution in [0, 0.1) is 0 Å². The van der Waals surface area contributed by atoms with E-state index in [4.69, 9.17) is 5.73 Å². The van der Waals surface area contributed by atoms with E-state index < -0.39 is 5.54 Å². The molecular formula is C18H21N5O. The Morgan fingerprint density at radius 3 is 2.83 bits per heavy atom. The molecule has 0 saturated heterocycles. The highest BCUT2D eigenvalue weighted by atomic mass is 16.2. The van der Waals surface area contributed by atoms with Gasteiger partial charge in [0.25, 0.3) is 0 Å². The number of guanidine groups is 1. The van der Waals surface area contributed by atoms with Gasteiger partial charge in [0.1, 0.15) is 0 Å². The molecule has 1 atom stereocenters. The SMILES string of the molecule is CN1C(=O)C[C@@](C)(c2cnn(-c3cccc(C4CC4)c3)c2)N=C1N. The van der Waals surface area contributed by atoms with Gasteiger partial charge in [-0.3, -0.25) is 9.69 Å². The van der Waals surface area contributed by atoms with Crippen molar-refractivity contribution in [1.82, 2.24) is 14.7 Å². The number of aliphatic imine (C=N–C) groups is 1. The molecule has 2 aliphatic rings. The van der Waals surface area contributed by atoms with Crippen LogP contribution in [-0.4, -0.2) is 33.6 Å². The molecule has 1 aromatic heterocycles. The van der Waals surface area contributed by atoms with Crippen molar-refractivity contribution in [3.63, 3.8) is 0 Å². The fraction of sp³-hybridized carbons (Fsp3) is 0.389. The molecule has 24 heavy (non-hydrogen) atoms. The van der Waals surface area contributed by atoms with Gasteiger partial charge in [-0.2, -0.15) is 5.10 Å². The first-order valence-corrected chi connectivity index (χ1v) is 8.24. The number of hydrogen-bond donors (Lipinski definition) is 1. The molecule has 6 heteroatoms. The first-order valence-electron chi connectivity index (χ1n) is 8.24. The minimum atomic E-state index is -0.667. The lowest BCUT2D eigenvalue weighted by Crippen LogP contribution is -2.47. The second-order valence-electron chi connectivity index (χ2n) is 6.92. The summed E-state index contributed by atoms with van der Waals surface area (Å²) < 4.78 is 1.85. The zero-order valence-electron chi connectivity index (χ0n) is 13.9. The molecular weight excluding hydrogens is 302 g/mol. The van der Waals surface area contributed by atoms with Gasteiger partial charge in [0.05, 0.1) is 23.8 Å². The van der Waals surface area contributed by atoms with Crippen LogP contribution >= 0.6 is 0 Å². The molecule has 0 unspecified atom stereocenters. The molecule has 4 rings (SSSR count). The molecule has 1 fully saturated rings. The Balaban J connectivity index is 1.67. The Bertz CT molecular complexity index is 835. The van der Waals surface area contributed by atoms with E-state index in [9.17, 15) is 4.79 Å². The lowest BCUT2D eigenvalue weighted by atomic mass is 9.90. The third kappa shape index (κ3) is 2.48. The normalized spacial score (nSPS) is 24.2. The summed E-state index contributed by atoms with van der Waals surface area (Å²) in [6.45, 7) is 1.92. The number of aromatic nitrogens is 2. The monoisotopic (exact) mass is 323 g/mol. The number of carbonyl (C=O) groups excluding carboxylic acids is 1. The molecule has 2 aromatic rings. The Morgan fingerprint density at radius 2 is 2.12 bits per heavy atom. The highest BCUT2D eigenvalue weighted by Crippen LogP contribution is 2.40. The molecule has 124 valence electrons. The highest BCUT2D eigenvalue weighted by molar-refractivity contribution is 5.98. The third-order valence-corrected chi connectivity index (χ3v) is 4.96. The van der Waals surface area contributed by atoms with Crippen LogP contribution in [-0.2, 0) is 10.3 Å². The maximum atomic E-state index is 12.1. The van der Waals surface area contributed by atoms with Gasteiger partial charge in [0.15, 0.2) is 5.96 Å². The summed E-state index contributed by atoms with van der Waals surface area (Å²) in [6.07, 6.45) is 6.56. The van der Waals surface area contributed by atoms with E-state index in [0.717, 1.165) is 11.3 Å². The Kier molecular flexibility index (Phi) is 3.23. The minimum absolute atomic E-state index is 0.0338. The number of nitrogens with two attached hydrogens (primary N) is 1. The number of nitrogens with zero attached hydrogens (tertiary/aromatic N) is 4. The number of rotatable bonds is 3. The standard InChI is InChI=1S/C18H21N5O/c1-18(9-16(24)22(2)17(19)21-18)14-10-20-23(11-14)15-5-3-4-13(8-15)12-6-7-12/h3-5,8,10-12H,6-7,9H2,1-2H3,(H2,19,21)/t18-/m0/s1. The Morgan fingerprint density at radius 1 is 1.33 bits per heavy atom. The van der Waals surface area contributed by atoms with E-state index in [-0.39, 0.29) is 18.3 Å². The van der Waals surface area contributed by atoms with Crippen LogP contribution in [0.3, 0.4) is 0 Å². The fourth-order valence-electron chi connectivity index (χ4n) is 3.15. The summed E-state index contributed by atoms with van der Waals surface area (Å²) >= 11 is 0. The molecule has 6 nitrogen and oxygen atoms in total. The van der Waals surface area contributed by atoms with E-state index in [1.54, 1.807) is 13.2 Å². The molecule has 1 saturated carbocycles. The number of amides is 1. The topological polar surface area (TPSA) is 76.5 Å². The molecule has 1 amide bonds. The van der Waals surface area contributed by atoms with Gasteiger partial charge in [0, 0.05) is 18.8 Å². The lowest BCUT2D eigenvalue weighted by molar-refractivity contribution is -0.128. The average Bonchev–Trinajstić information content (AvgIpc) is 3.29. The van der Waals surface area contributed by atoms with Gasteiger partial charge in [0.2, 0.25) is 5.91 Å². The van der Waals surface area contributed by atoms with Gasteiger partial charge in [-0.25, -0.2) is 9.67 Å². The summed E-state index contributed by atoms with van der Waals surface area (Å²) in [5.41, 5.74) is 8.51. The van der Waals surface area contributed by atoms with Crippen molar-refractivity contribution < 1.29 is 4.79 Å². The fourth-order valence-corrected chi connectivity index (χ4v) is 3.15. The van der Waals surface area contributed by atoms with Crippen LogP contribution in [0.2, 0.25) is 0 Å². The minimum Gasteiger partial charge on any atom is -0.369 e. The van der Waals surface area contributed by atoms with Crippen LogP contribution < -0.4 is 5.73 Å². The zero-order chi connectivity index (χ0) is 16.9. The van der Waals surface area contributed by atoms with Crippen molar-refractivity contribution in [2.24, 2.45) is 10.7 Å². The van der Waals surface area contributed by atoms with Gasteiger partial charge < -0.3 is 5.73 Å². The van der Waals surface area contributed by atoms with Gasteiger partial charge in [-0.15, -0.1) is 0 Å². The van der Waals surface area contributed by atoms with Crippen LogP contribution in [0.4, 0.5) is 0 Å². The molecule has 1 aromatic carbocycles. The number of carbonyl (C=O) groups is 1. The maximum Gasteiger partial charge on any atom is 0.231 e. The summed E-state index contributed by atoms with van der Waals surface area (Å²) in [5.74, 6) is 0.916. The smallest absolute Gasteiger partial charge is 0.231 e. The summed E-state index contributed by atoms with van der Waals surface area (Å²) in [6, 6.07) is 8.48. The zero-order valence-corrected chi connectivity index (χ0v) is 13.9. The summed E-state index contributed by atoms with van der Waals surface area (Å²) in [7, 11) is 1.65. The van der Waals surface area contributed by atoms with Gasteiger partial charge in [-0.1, -0.05) is 12.1 Å². The van der Waals surface area contributed by atoms with Gasteiger partial charge >= 0.3 is 0 Å². The first-order chi connectivity index (χ1) is 11.5. The quantitative estimate of drug-likeness (QED) is 0.940. The first kappa shape index (κ1) is 14.9.